The van der Waals surface area contributed by atoms with Gasteiger partial charge in [0.05, 0.1) is 8.95 Å². The minimum absolute atomic E-state index is 0.0859. The minimum atomic E-state index is -1.01. The van der Waals surface area contributed by atoms with Crippen LogP contribution in [0.2, 0.25) is 0 Å². The Kier molecular flexibility index (Phi) is 8.45. The van der Waals surface area contributed by atoms with E-state index in [9.17, 15) is 19.8 Å². The number of carboxylic acids is 1. The van der Waals surface area contributed by atoms with Crippen LogP contribution in [0.15, 0.2) is 39.3 Å². The van der Waals surface area contributed by atoms with Crippen molar-refractivity contribution in [2.45, 2.75) is 70.9 Å². The Morgan fingerprint density at radius 3 is 2.18 bits per heavy atom. The molecule has 1 saturated carbocycles. The summed E-state index contributed by atoms with van der Waals surface area (Å²) in [6.45, 7) is 5.54. The van der Waals surface area contributed by atoms with Gasteiger partial charge in [0.15, 0.2) is 5.75 Å². The lowest BCUT2D eigenvalue weighted by Crippen LogP contribution is -2.50. The molecule has 1 aliphatic rings. The molecule has 0 spiro atoms. The van der Waals surface area contributed by atoms with Crippen molar-refractivity contribution in [3.63, 3.8) is 0 Å². The second-order valence-corrected chi connectivity index (χ2v) is 10.5. The topological polar surface area (TPSA) is 87.1 Å². The number of aromatic hydroxyl groups is 1. The number of hydrogen-bond donors (Lipinski definition) is 2. The molecular weight excluding hydrogens is 554 g/mol. The average molecular weight is 583 g/mol. The van der Waals surface area contributed by atoms with Crippen molar-refractivity contribution in [2.75, 3.05) is 0 Å². The van der Waals surface area contributed by atoms with E-state index in [2.05, 4.69) is 31.9 Å². The molecule has 0 unspecified atom stereocenters. The maximum Gasteiger partial charge on any atom is 0.326 e. The molecule has 1 fully saturated rings. The highest BCUT2D eigenvalue weighted by Gasteiger charge is 2.34. The summed E-state index contributed by atoms with van der Waals surface area (Å²) in [7, 11) is 0. The molecule has 3 rings (SSSR count). The van der Waals surface area contributed by atoms with Crippen LogP contribution in [-0.2, 0) is 4.79 Å². The van der Waals surface area contributed by atoms with E-state index in [0.29, 0.717) is 26.0 Å². The molecule has 0 saturated heterocycles. The number of aliphatic carboxylic acids is 1. The third kappa shape index (κ3) is 5.90. The van der Waals surface area contributed by atoms with Crippen molar-refractivity contribution in [3.8, 4) is 17.2 Å². The standard InChI is InChI=1S/C25H29Br2NO5/c1-14(2)19-13-18(9-10-22(19)29)33-23-20(26)11-16(12-21(23)27)24(30)28(15(3)25(31)32)17-7-5-4-6-8-17/h9-15,17,29H,4-8H2,1-3H3,(H,31,32)/t15-/m0/s1. The molecule has 1 aliphatic carbocycles. The highest BCUT2D eigenvalue weighted by Crippen LogP contribution is 2.40. The SMILES string of the molecule is CC(C)c1cc(Oc2c(Br)cc(C(=O)N(C3CCCCC3)[C@@H](C)C(=O)O)cc2Br)ccc1O. The van der Waals surface area contributed by atoms with Crippen LogP contribution in [0.5, 0.6) is 17.2 Å². The van der Waals surface area contributed by atoms with Crippen LogP contribution in [0, 0.1) is 0 Å². The summed E-state index contributed by atoms with van der Waals surface area (Å²) in [6, 6.07) is 7.39. The van der Waals surface area contributed by atoms with Crippen LogP contribution in [-0.4, -0.2) is 39.1 Å². The number of halogens is 2. The van der Waals surface area contributed by atoms with Gasteiger partial charge < -0.3 is 19.8 Å². The molecule has 0 heterocycles. The second kappa shape index (κ2) is 10.9. The predicted molar refractivity (Wildman–Crippen MR) is 134 cm³/mol. The number of hydrogen-bond acceptors (Lipinski definition) is 4. The number of amides is 1. The average Bonchev–Trinajstić information content (AvgIpc) is 2.77. The zero-order valence-corrected chi connectivity index (χ0v) is 22.1. The van der Waals surface area contributed by atoms with Crippen LogP contribution in [0.25, 0.3) is 0 Å². The highest BCUT2D eigenvalue weighted by atomic mass is 79.9. The monoisotopic (exact) mass is 581 g/mol. The van der Waals surface area contributed by atoms with E-state index in [4.69, 9.17) is 4.74 Å². The summed E-state index contributed by atoms with van der Waals surface area (Å²) < 4.78 is 7.18. The van der Waals surface area contributed by atoms with E-state index in [-0.39, 0.29) is 23.6 Å². The largest absolute Gasteiger partial charge is 0.508 e. The summed E-state index contributed by atoms with van der Waals surface area (Å²) in [6.07, 6.45) is 4.72. The van der Waals surface area contributed by atoms with Crippen molar-refractivity contribution in [1.29, 1.82) is 0 Å². The van der Waals surface area contributed by atoms with E-state index in [1.165, 1.54) is 4.90 Å². The first-order chi connectivity index (χ1) is 15.6. The van der Waals surface area contributed by atoms with E-state index in [0.717, 1.165) is 37.7 Å². The lowest BCUT2D eigenvalue weighted by atomic mass is 9.92. The molecule has 0 aliphatic heterocycles. The lowest BCUT2D eigenvalue weighted by molar-refractivity contribution is -0.142. The van der Waals surface area contributed by atoms with Crippen LogP contribution < -0.4 is 4.74 Å². The molecule has 2 N–H and O–H groups in total. The van der Waals surface area contributed by atoms with Gasteiger partial charge in [-0.1, -0.05) is 33.1 Å². The minimum Gasteiger partial charge on any atom is -0.508 e. The van der Waals surface area contributed by atoms with E-state index in [1.807, 2.05) is 13.8 Å². The quantitative estimate of drug-likeness (QED) is 0.364. The maximum absolute atomic E-state index is 13.5. The smallest absolute Gasteiger partial charge is 0.326 e. The molecular formula is C25H29Br2NO5. The Labute approximate surface area is 211 Å². The fourth-order valence-corrected chi connectivity index (χ4v) is 5.59. The Bertz CT molecular complexity index is 1010. The molecule has 0 aromatic heterocycles. The highest BCUT2D eigenvalue weighted by molar-refractivity contribution is 9.11. The summed E-state index contributed by atoms with van der Waals surface area (Å²) in [5.41, 5.74) is 1.16. The molecule has 2 aromatic carbocycles. The fraction of sp³-hybridized carbons (Fsp3) is 0.440. The van der Waals surface area contributed by atoms with Crippen molar-refractivity contribution in [2.24, 2.45) is 0 Å². The Morgan fingerprint density at radius 1 is 1.03 bits per heavy atom. The zero-order valence-electron chi connectivity index (χ0n) is 19.0. The van der Waals surface area contributed by atoms with Gasteiger partial charge in [0, 0.05) is 17.2 Å². The number of carbonyl (C=O) groups excluding carboxylic acids is 1. The number of phenols is 1. The summed E-state index contributed by atoms with van der Waals surface area (Å²) in [5.74, 6) is 0.0636. The normalized spacial score (nSPS) is 15.3. The number of phenolic OH excluding ortho intramolecular Hbond substituents is 1. The molecule has 33 heavy (non-hydrogen) atoms. The van der Waals surface area contributed by atoms with Crippen LogP contribution >= 0.6 is 31.9 Å². The number of nitrogens with zero attached hydrogens (tertiary/aromatic N) is 1. The van der Waals surface area contributed by atoms with Crippen molar-refractivity contribution < 1.29 is 24.5 Å². The molecule has 6 nitrogen and oxygen atoms in total. The van der Waals surface area contributed by atoms with E-state index in [1.54, 1.807) is 37.3 Å². The van der Waals surface area contributed by atoms with Gasteiger partial charge in [0.1, 0.15) is 17.5 Å². The van der Waals surface area contributed by atoms with Crippen LogP contribution in [0.4, 0.5) is 0 Å². The Balaban J connectivity index is 1.91. The first kappa shape index (κ1) is 25.6. The molecule has 8 heteroatoms. The first-order valence-corrected chi connectivity index (χ1v) is 12.7. The maximum atomic E-state index is 13.5. The van der Waals surface area contributed by atoms with Gasteiger partial charge in [-0.3, -0.25) is 4.79 Å². The van der Waals surface area contributed by atoms with Gasteiger partial charge in [0.2, 0.25) is 0 Å². The molecule has 2 aromatic rings. The molecule has 1 amide bonds. The Morgan fingerprint density at radius 2 is 1.64 bits per heavy atom. The number of benzene rings is 2. The fourth-order valence-electron chi connectivity index (χ4n) is 4.24. The van der Waals surface area contributed by atoms with Gasteiger partial charge >= 0.3 is 5.97 Å². The van der Waals surface area contributed by atoms with Crippen molar-refractivity contribution in [3.05, 3.63) is 50.4 Å². The van der Waals surface area contributed by atoms with Gasteiger partial charge in [-0.05, 0) is 87.9 Å². The summed E-state index contributed by atoms with van der Waals surface area (Å²) in [5, 5.41) is 19.7. The Hall–Kier alpha value is -2.06. The summed E-state index contributed by atoms with van der Waals surface area (Å²) >= 11 is 7.01. The summed E-state index contributed by atoms with van der Waals surface area (Å²) in [4.78, 5) is 26.8. The first-order valence-electron chi connectivity index (χ1n) is 11.2. The van der Waals surface area contributed by atoms with Gasteiger partial charge in [0.25, 0.3) is 5.91 Å². The third-order valence-electron chi connectivity index (χ3n) is 6.06. The lowest BCUT2D eigenvalue weighted by Gasteiger charge is -2.37. The van der Waals surface area contributed by atoms with E-state index < -0.39 is 12.0 Å². The van der Waals surface area contributed by atoms with E-state index >= 15 is 0 Å². The van der Waals surface area contributed by atoms with Crippen LogP contribution in [0.1, 0.15) is 74.7 Å². The second-order valence-electron chi connectivity index (χ2n) is 8.76. The molecule has 0 radical (unpaired) electrons. The zero-order chi connectivity index (χ0) is 24.3. The third-order valence-corrected chi connectivity index (χ3v) is 7.24. The number of rotatable bonds is 7. The molecule has 178 valence electrons. The molecule has 0 bridgehead atoms. The number of ether oxygens (including phenoxy) is 1. The van der Waals surface area contributed by atoms with Crippen molar-refractivity contribution in [1.82, 2.24) is 4.90 Å². The van der Waals surface area contributed by atoms with Crippen LogP contribution in [0.3, 0.4) is 0 Å². The number of carboxylic acid groups (broad SMARTS) is 1. The molecule has 1 atom stereocenters. The van der Waals surface area contributed by atoms with Gasteiger partial charge in [-0.2, -0.15) is 0 Å². The van der Waals surface area contributed by atoms with Gasteiger partial charge in [-0.15, -0.1) is 0 Å². The van der Waals surface area contributed by atoms with Gasteiger partial charge in [-0.25, -0.2) is 4.79 Å². The number of carbonyl (C=O) groups is 2. The van der Waals surface area contributed by atoms with Crippen molar-refractivity contribution >= 4 is 43.7 Å². The predicted octanol–water partition coefficient (Wildman–Crippen LogP) is 7.08.